The highest BCUT2D eigenvalue weighted by Crippen LogP contribution is 2.60. The Hall–Kier alpha value is 1.30. The zero-order chi connectivity index (χ0) is 23.1. The summed E-state index contributed by atoms with van der Waals surface area (Å²) in [6, 6.07) is 15.1. The molecule has 4 aliphatic rings. The highest BCUT2D eigenvalue weighted by molar-refractivity contribution is 7.98. The first kappa shape index (κ1) is 26.4. The average molecular weight is 539 g/mol. The van der Waals surface area contributed by atoms with Crippen molar-refractivity contribution in [3.8, 4) is 0 Å². The molecule has 0 saturated carbocycles. The van der Waals surface area contributed by atoms with E-state index >= 15 is 0 Å². The van der Waals surface area contributed by atoms with Crippen LogP contribution in [0.4, 0.5) is 0 Å². The van der Waals surface area contributed by atoms with E-state index < -0.39 is 43.6 Å². The molecule has 0 bridgehead atoms. The topological polar surface area (TPSA) is 0 Å². The molecule has 4 rings (SSSR count). The molecule has 0 spiro atoms. The molecule has 0 aliphatic carbocycles. The number of hydrogen-bond donors (Lipinski definition) is 0. The molecule has 186 valence electrons. The van der Waals surface area contributed by atoms with Gasteiger partial charge in [-0.05, 0) is 0 Å². The summed E-state index contributed by atoms with van der Waals surface area (Å²) in [4.78, 5) is 0. The second-order valence-electron chi connectivity index (χ2n) is 15.1. The molecule has 0 atom stereocenters. The van der Waals surface area contributed by atoms with Crippen LogP contribution in [0.15, 0.2) is 0 Å². The van der Waals surface area contributed by atoms with E-state index in [0.29, 0.717) is 0 Å². The first-order valence-corrected chi connectivity index (χ1v) is 36.7. The van der Waals surface area contributed by atoms with Crippen molar-refractivity contribution < 1.29 is 0 Å². The van der Waals surface area contributed by atoms with Crippen molar-refractivity contribution in [1.29, 1.82) is 0 Å². The lowest BCUT2D eigenvalue weighted by atomic mass is 10.3. The van der Waals surface area contributed by atoms with Crippen LogP contribution in [-0.4, -0.2) is 43.6 Å². The monoisotopic (exact) mass is 538 g/mol. The van der Waals surface area contributed by atoms with Crippen molar-refractivity contribution >= 4 is 43.6 Å². The first-order chi connectivity index (χ1) is 15.1. The smallest absolute Gasteiger partial charge is 0.0397 e. The lowest BCUT2D eigenvalue weighted by Gasteiger charge is -2.68. The second kappa shape index (κ2) is 9.64. The largest absolute Gasteiger partial charge is 0.0717 e. The van der Waals surface area contributed by atoms with Crippen LogP contribution in [0.3, 0.4) is 0 Å². The summed E-state index contributed by atoms with van der Waals surface area (Å²) in [5.74, 6) is 0. The summed E-state index contributed by atoms with van der Waals surface area (Å²) >= 11 is 0. The first-order valence-electron chi connectivity index (χ1n) is 15.1. The maximum atomic E-state index is 2.97. The predicted molar refractivity (Wildman–Crippen MR) is 164 cm³/mol. The summed E-state index contributed by atoms with van der Waals surface area (Å²) in [5.41, 5.74) is 0. The van der Waals surface area contributed by atoms with E-state index in [1.165, 1.54) is 0 Å². The summed E-state index contributed by atoms with van der Waals surface area (Å²) in [6.45, 7) is 17.8. The Bertz CT molecular complexity index is 562. The van der Waals surface area contributed by atoms with Gasteiger partial charge in [-0.15, -0.1) is 0 Å². The molecule has 4 aliphatic heterocycles. The molecule has 0 aromatic carbocycles. The van der Waals surface area contributed by atoms with Gasteiger partial charge >= 0.3 is 0 Å². The maximum absolute atomic E-state index is 2.97. The molecular weight excluding hydrogens is 481 g/mol. The summed E-state index contributed by atoms with van der Waals surface area (Å²) in [5, 5.41) is 0. The fourth-order valence-electron chi connectivity index (χ4n) is 11.3. The third kappa shape index (κ3) is 3.86. The molecule has 6 heteroatoms. The van der Waals surface area contributed by atoms with Crippen LogP contribution in [0.2, 0.25) is 87.6 Å². The van der Waals surface area contributed by atoms with E-state index in [1.54, 1.807) is 77.0 Å². The van der Waals surface area contributed by atoms with Crippen LogP contribution in [0.1, 0.15) is 77.0 Å². The van der Waals surface area contributed by atoms with E-state index in [-0.39, 0.29) is 0 Å². The van der Waals surface area contributed by atoms with Gasteiger partial charge in [0.15, 0.2) is 0 Å². The molecule has 4 saturated heterocycles. The quantitative estimate of drug-likeness (QED) is 0.314. The third-order valence-corrected chi connectivity index (χ3v) is 125. The molecule has 32 heavy (non-hydrogen) atoms. The Balaban J connectivity index is 2.06. The summed E-state index contributed by atoms with van der Waals surface area (Å²) in [7, 11) is -6.81. The van der Waals surface area contributed by atoms with Gasteiger partial charge in [0.25, 0.3) is 0 Å². The molecule has 0 N–H and O–H groups in total. The molecule has 0 unspecified atom stereocenters. The van der Waals surface area contributed by atoms with Crippen LogP contribution in [0.5, 0.6) is 0 Å². The van der Waals surface area contributed by atoms with Gasteiger partial charge < -0.3 is 0 Å². The lowest BCUT2D eigenvalue weighted by molar-refractivity contribution is 0.738. The van der Waals surface area contributed by atoms with Crippen LogP contribution in [0.25, 0.3) is 0 Å². The van der Waals surface area contributed by atoms with Crippen LogP contribution < -0.4 is 0 Å². The van der Waals surface area contributed by atoms with Crippen molar-refractivity contribution in [3.05, 3.63) is 0 Å². The minimum atomic E-state index is -1.18. The van der Waals surface area contributed by atoms with Gasteiger partial charge in [-0.3, -0.25) is 0 Å². The molecule has 4 fully saturated rings. The van der Waals surface area contributed by atoms with E-state index in [1.807, 2.05) is 48.4 Å². The molecule has 0 amide bonds. The van der Waals surface area contributed by atoms with Gasteiger partial charge in [0.1, 0.15) is 0 Å². The number of hydrogen-bond acceptors (Lipinski definition) is 0. The van der Waals surface area contributed by atoms with Crippen LogP contribution in [-0.2, 0) is 0 Å². The number of fused-ring (bicyclic) bond motifs is 3. The van der Waals surface area contributed by atoms with Gasteiger partial charge in [-0.1, -0.05) is 165 Å². The minimum absolute atomic E-state index is 1.09. The molecule has 0 aromatic rings. The van der Waals surface area contributed by atoms with Gasteiger partial charge in [-0.2, -0.15) is 0 Å². The Labute approximate surface area is 207 Å². The Morgan fingerprint density at radius 2 is 0.531 bits per heavy atom. The van der Waals surface area contributed by atoms with Crippen molar-refractivity contribution in [1.82, 2.24) is 0 Å². The number of rotatable bonds is 3. The highest BCUT2D eigenvalue weighted by Gasteiger charge is 2.75. The summed E-state index contributed by atoms with van der Waals surface area (Å²) in [6.07, 6.45) is 20.1. The molecule has 0 radical (unpaired) electrons. The minimum Gasteiger partial charge on any atom is -0.0717 e. The Morgan fingerprint density at radius 1 is 0.312 bits per heavy atom. The molecule has 4 heterocycles. The van der Waals surface area contributed by atoms with E-state index in [9.17, 15) is 0 Å². The normalized spacial score (nSPS) is 42.6. The van der Waals surface area contributed by atoms with Gasteiger partial charge in [0, 0.05) is 43.6 Å². The molecule has 0 nitrogen and oxygen atoms in total. The SMILES string of the molecule is C[Si](C)(C)[Si]12CCCCC[Si]1([Si]13CCCCC[Si]1([Si](C)(C)C)CCCCC3)CCCCC2. The second-order valence-corrected chi connectivity index (χ2v) is 74.7. The summed E-state index contributed by atoms with van der Waals surface area (Å²) < 4.78 is 0. The van der Waals surface area contributed by atoms with E-state index in [4.69, 9.17) is 0 Å². The fraction of sp³-hybridized carbons (Fsp3) is 1.00. The van der Waals surface area contributed by atoms with Crippen molar-refractivity contribution in [3.63, 3.8) is 0 Å². The molecular formula is C26H58Si6. The van der Waals surface area contributed by atoms with Crippen molar-refractivity contribution in [2.75, 3.05) is 0 Å². The van der Waals surface area contributed by atoms with Gasteiger partial charge in [-0.25, -0.2) is 0 Å². The van der Waals surface area contributed by atoms with Crippen LogP contribution >= 0.6 is 0 Å². The maximum Gasteiger partial charge on any atom is 0.0397 e. The standard InChI is InChI=1S/C26H58Si6/c1-27(2,3)29-19-11-7-15-23-31(29,24-16-8-12-20-29)32-25-17-9-13-21-30(32,28(4,5)6)22-14-10-18-26-32/h7-26H2,1-6H3. The zero-order valence-corrected chi connectivity index (χ0v) is 29.1. The lowest BCUT2D eigenvalue weighted by Crippen LogP contribution is -2.92. The van der Waals surface area contributed by atoms with Crippen LogP contribution in [0, 0.1) is 0 Å². The zero-order valence-electron chi connectivity index (χ0n) is 23.1. The van der Waals surface area contributed by atoms with Crippen molar-refractivity contribution in [2.24, 2.45) is 0 Å². The fourth-order valence-corrected chi connectivity index (χ4v) is 190. The highest BCUT2D eigenvalue weighted by atomic mass is 30.0. The average Bonchev–Trinajstić information content (AvgIpc) is 3.16. The Kier molecular flexibility index (Phi) is 7.94. The van der Waals surface area contributed by atoms with Gasteiger partial charge in [0.2, 0.25) is 0 Å². The van der Waals surface area contributed by atoms with E-state index in [2.05, 4.69) is 39.3 Å². The molecule has 0 aromatic heterocycles. The van der Waals surface area contributed by atoms with E-state index in [0.717, 1.165) is 0 Å². The Morgan fingerprint density at radius 3 is 0.750 bits per heavy atom. The predicted octanol–water partition coefficient (Wildman–Crippen LogP) is 9.59. The van der Waals surface area contributed by atoms with Crippen molar-refractivity contribution in [2.45, 2.75) is 165 Å². The van der Waals surface area contributed by atoms with Gasteiger partial charge in [0.05, 0.1) is 0 Å². The third-order valence-electron chi connectivity index (χ3n) is 12.4.